The second-order valence-electron chi connectivity index (χ2n) is 4.11. The van der Waals surface area contributed by atoms with Crippen LogP contribution in [0.4, 0.5) is 0 Å². The molecule has 2 heterocycles. The third-order valence-corrected chi connectivity index (χ3v) is 2.93. The van der Waals surface area contributed by atoms with E-state index in [4.69, 9.17) is 0 Å². The fraction of sp³-hybridized carbons (Fsp3) is 1.00. The van der Waals surface area contributed by atoms with Crippen molar-refractivity contribution in [3.8, 4) is 0 Å². The largest absolute Gasteiger partial charge is 0.315 e. The Balaban J connectivity index is 1.69. The van der Waals surface area contributed by atoms with Gasteiger partial charge in [-0.05, 0) is 20.0 Å². The fourth-order valence-corrected chi connectivity index (χ4v) is 1.96. The van der Waals surface area contributed by atoms with Crippen LogP contribution < -0.4 is 10.7 Å². The molecule has 0 aromatic rings. The van der Waals surface area contributed by atoms with Gasteiger partial charge in [0.05, 0.1) is 0 Å². The Hall–Kier alpha value is -0.160. The Morgan fingerprint density at radius 2 is 2.00 bits per heavy atom. The van der Waals surface area contributed by atoms with Crippen LogP contribution in [0.1, 0.15) is 6.42 Å². The normalized spacial score (nSPS) is 32.5. The zero-order chi connectivity index (χ0) is 9.10. The summed E-state index contributed by atoms with van der Waals surface area (Å²) in [6.45, 7) is 7.00. The number of hydrogen-bond donors (Lipinski definition) is 2. The Labute approximate surface area is 80.2 Å². The molecule has 0 saturated carbocycles. The van der Waals surface area contributed by atoms with E-state index in [0.717, 1.165) is 19.6 Å². The SMILES string of the molecule is CN1CCN(NC2CCNC2)CC1. The maximum atomic E-state index is 3.58. The van der Waals surface area contributed by atoms with Crippen LogP contribution in [-0.4, -0.2) is 62.3 Å². The second-order valence-corrected chi connectivity index (χ2v) is 4.11. The van der Waals surface area contributed by atoms with Gasteiger partial charge >= 0.3 is 0 Å². The van der Waals surface area contributed by atoms with Gasteiger partial charge in [-0.1, -0.05) is 0 Å². The van der Waals surface area contributed by atoms with Gasteiger partial charge in [0.1, 0.15) is 0 Å². The van der Waals surface area contributed by atoms with Gasteiger partial charge in [0.2, 0.25) is 0 Å². The van der Waals surface area contributed by atoms with Crippen molar-refractivity contribution in [2.45, 2.75) is 12.5 Å². The van der Waals surface area contributed by atoms with Crippen molar-refractivity contribution < 1.29 is 0 Å². The lowest BCUT2D eigenvalue weighted by molar-refractivity contribution is 0.0901. The summed E-state index contributed by atoms with van der Waals surface area (Å²) in [6.07, 6.45) is 1.27. The van der Waals surface area contributed by atoms with E-state index in [1.165, 1.54) is 26.1 Å². The average Bonchev–Trinajstić information content (AvgIpc) is 2.62. The summed E-state index contributed by atoms with van der Waals surface area (Å²) < 4.78 is 0. The first-order valence-corrected chi connectivity index (χ1v) is 5.25. The summed E-state index contributed by atoms with van der Waals surface area (Å²) in [4.78, 5) is 2.38. The van der Waals surface area contributed by atoms with Gasteiger partial charge in [-0.25, -0.2) is 5.01 Å². The minimum absolute atomic E-state index is 0.670. The molecule has 0 spiro atoms. The topological polar surface area (TPSA) is 30.5 Å². The number of rotatable bonds is 2. The standard InChI is InChI=1S/C9H20N4/c1-12-4-6-13(7-5-12)11-9-2-3-10-8-9/h9-11H,2-8H2,1H3. The monoisotopic (exact) mass is 184 g/mol. The summed E-state index contributed by atoms with van der Waals surface area (Å²) in [6, 6.07) is 0.670. The lowest BCUT2D eigenvalue weighted by Crippen LogP contribution is -2.54. The van der Waals surface area contributed by atoms with Gasteiger partial charge in [-0.2, -0.15) is 0 Å². The van der Waals surface area contributed by atoms with E-state index in [1.807, 2.05) is 0 Å². The third kappa shape index (κ3) is 2.64. The van der Waals surface area contributed by atoms with Crippen molar-refractivity contribution in [1.82, 2.24) is 20.7 Å². The summed E-state index contributed by atoms with van der Waals surface area (Å²) in [5.41, 5.74) is 3.58. The average molecular weight is 184 g/mol. The van der Waals surface area contributed by atoms with E-state index in [0.29, 0.717) is 6.04 Å². The van der Waals surface area contributed by atoms with Crippen LogP contribution in [0.25, 0.3) is 0 Å². The van der Waals surface area contributed by atoms with Gasteiger partial charge in [0.25, 0.3) is 0 Å². The quantitative estimate of drug-likeness (QED) is 0.582. The van der Waals surface area contributed by atoms with Crippen LogP contribution in [0.5, 0.6) is 0 Å². The van der Waals surface area contributed by atoms with Crippen molar-refractivity contribution in [2.75, 3.05) is 46.3 Å². The number of nitrogens with one attached hydrogen (secondary N) is 2. The molecule has 0 bridgehead atoms. The highest BCUT2D eigenvalue weighted by atomic mass is 15.5. The van der Waals surface area contributed by atoms with Gasteiger partial charge in [-0.3, -0.25) is 5.43 Å². The van der Waals surface area contributed by atoms with Gasteiger partial charge < -0.3 is 10.2 Å². The van der Waals surface area contributed by atoms with Crippen molar-refractivity contribution in [1.29, 1.82) is 0 Å². The molecule has 76 valence electrons. The number of nitrogens with zero attached hydrogens (tertiary/aromatic N) is 2. The predicted octanol–water partition coefficient (Wildman–Crippen LogP) is -0.900. The van der Waals surface area contributed by atoms with Crippen LogP contribution in [-0.2, 0) is 0 Å². The molecule has 13 heavy (non-hydrogen) atoms. The number of likely N-dealkylation sites (N-methyl/N-ethyl adjacent to an activating group) is 1. The first kappa shape index (κ1) is 9.40. The molecule has 1 atom stereocenters. The van der Waals surface area contributed by atoms with Crippen molar-refractivity contribution in [3.63, 3.8) is 0 Å². The van der Waals surface area contributed by atoms with E-state index < -0.39 is 0 Å². The molecule has 0 radical (unpaired) electrons. The highest BCUT2D eigenvalue weighted by Gasteiger charge is 2.19. The van der Waals surface area contributed by atoms with Crippen LogP contribution in [0.3, 0.4) is 0 Å². The molecule has 2 aliphatic rings. The maximum Gasteiger partial charge on any atom is 0.0352 e. The molecule has 0 aromatic heterocycles. The fourth-order valence-electron chi connectivity index (χ4n) is 1.96. The molecule has 1 unspecified atom stereocenters. The highest BCUT2D eigenvalue weighted by Crippen LogP contribution is 2.01. The smallest absolute Gasteiger partial charge is 0.0352 e. The Morgan fingerprint density at radius 1 is 1.23 bits per heavy atom. The van der Waals surface area contributed by atoms with Gasteiger partial charge in [0, 0.05) is 38.8 Å². The Morgan fingerprint density at radius 3 is 2.62 bits per heavy atom. The maximum absolute atomic E-state index is 3.58. The molecular formula is C9H20N4. The Kier molecular flexibility index (Phi) is 3.16. The van der Waals surface area contributed by atoms with Crippen molar-refractivity contribution in [2.24, 2.45) is 0 Å². The number of piperazine rings is 1. The molecular weight excluding hydrogens is 164 g/mol. The van der Waals surface area contributed by atoms with Crippen LogP contribution in [0.2, 0.25) is 0 Å². The minimum atomic E-state index is 0.670. The van der Waals surface area contributed by atoms with Crippen molar-refractivity contribution >= 4 is 0 Å². The van der Waals surface area contributed by atoms with Crippen LogP contribution >= 0.6 is 0 Å². The molecule has 4 nitrogen and oxygen atoms in total. The van der Waals surface area contributed by atoms with E-state index >= 15 is 0 Å². The first-order valence-electron chi connectivity index (χ1n) is 5.25. The van der Waals surface area contributed by atoms with Crippen LogP contribution in [0.15, 0.2) is 0 Å². The summed E-state index contributed by atoms with van der Waals surface area (Å²) in [5.74, 6) is 0. The number of hydrogen-bond acceptors (Lipinski definition) is 4. The Bertz CT molecular complexity index is 148. The lowest BCUT2D eigenvalue weighted by Gasteiger charge is -2.34. The minimum Gasteiger partial charge on any atom is -0.315 e. The molecule has 2 rings (SSSR count). The molecule has 4 heteroatoms. The predicted molar refractivity (Wildman–Crippen MR) is 53.5 cm³/mol. The summed E-state index contributed by atoms with van der Waals surface area (Å²) >= 11 is 0. The summed E-state index contributed by atoms with van der Waals surface area (Å²) in [5, 5.41) is 5.74. The van der Waals surface area contributed by atoms with Crippen LogP contribution in [0, 0.1) is 0 Å². The zero-order valence-electron chi connectivity index (χ0n) is 8.42. The first-order chi connectivity index (χ1) is 6.34. The molecule has 0 amide bonds. The molecule has 0 aliphatic carbocycles. The van der Waals surface area contributed by atoms with Crippen molar-refractivity contribution in [3.05, 3.63) is 0 Å². The van der Waals surface area contributed by atoms with E-state index in [1.54, 1.807) is 0 Å². The zero-order valence-corrected chi connectivity index (χ0v) is 8.42. The molecule has 2 N–H and O–H groups in total. The molecule has 0 aromatic carbocycles. The highest BCUT2D eigenvalue weighted by molar-refractivity contribution is 4.78. The van der Waals surface area contributed by atoms with Gasteiger partial charge in [-0.15, -0.1) is 0 Å². The van der Waals surface area contributed by atoms with Gasteiger partial charge in [0.15, 0.2) is 0 Å². The number of hydrazine groups is 1. The molecule has 2 aliphatic heterocycles. The third-order valence-electron chi connectivity index (χ3n) is 2.93. The van der Waals surface area contributed by atoms with E-state index in [2.05, 4.69) is 27.7 Å². The van der Waals surface area contributed by atoms with E-state index in [-0.39, 0.29) is 0 Å². The molecule has 2 fully saturated rings. The van der Waals surface area contributed by atoms with E-state index in [9.17, 15) is 0 Å². The second kappa shape index (κ2) is 4.37. The lowest BCUT2D eigenvalue weighted by atomic mass is 10.3. The molecule has 2 saturated heterocycles. The summed E-state index contributed by atoms with van der Waals surface area (Å²) in [7, 11) is 2.19.